The van der Waals surface area contributed by atoms with E-state index in [2.05, 4.69) is 42.6 Å². The standard InChI is InChI=1S/C25H27NO2/c1-4-23(22-14-15-24(28-3)18(2)16-22)26-25(27)17-19-10-12-21(13-11-19)20-8-6-5-7-9-20/h5-16,23H,4,17H2,1-3H3,(H,26,27). The highest BCUT2D eigenvalue weighted by molar-refractivity contribution is 5.79. The second-order valence-electron chi connectivity index (χ2n) is 7.00. The van der Waals surface area contributed by atoms with Crippen LogP contribution in [0.2, 0.25) is 0 Å². The fourth-order valence-electron chi connectivity index (χ4n) is 3.42. The monoisotopic (exact) mass is 373 g/mol. The third-order valence-electron chi connectivity index (χ3n) is 4.99. The maximum atomic E-state index is 12.6. The summed E-state index contributed by atoms with van der Waals surface area (Å²) in [7, 11) is 1.67. The van der Waals surface area contributed by atoms with Gasteiger partial charge in [0.2, 0.25) is 5.91 Å². The van der Waals surface area contributed by atoms with E-state index in [0.29, 0.717) is 6.42 Å². The molecule has 0 spiro atoms. The zero-order valence-corrected chi connectivity index (χ0v) is 16.7. The first kappa shape index (κ1) is 19.7. The molecule has 0 aromatic heterocycles. The molecule has 0 saturated carbocycles. The van der Waals surface area contributed by atoms with Crippen LogP contribution in [-0.4, -0.2) is 13.0 Å². The van der Waals surface area contributed by atoms with E-state index in [9.17, 15) is 4.79 Å². The van der Waals surface area contributed by atoms with Gasteiger partial charge in [-0.25, -0.2) is 0 Å². The molecule has 144 valence electrons. The Morgan fingerprint density at radius 3 is 2.25 bits per heavy atom. The van der Waals surface area contributed by atoms with Gasteiger partial charge < -0.3 is 10.1 Å². The molecule has 0 radical (unpaired) electrons. The van der Waals surface area contributed by atoms with Crippen molar-refractivity contribution in [1.29, 1.82) is 0 Å². The molecule has 0 heterocycles. The van der Waals surface area contributed by atoms with Gasteiger partial charge in [-0.2, -0.15) is 0 Å². The fraction of sp³-hybridized carbons (Fsp3) is 0.240. The lowest BCUT2D eigenvalue weighted by Gasteiger charge is -2.19. The Kier molecular flexibility index (Phi) is 6.49. The number of benzene rings is 3. The molecule has 3 aromatic rings. The van der Waals surface area contributed by atoms with Gasteiger partial charge in [-0.3, -0.25) is 4.79 Å². The number of ether oxygens (including phenoxy) is 1. The quantitative estimate of drug-likeness (QED) is 0.595. The summed E-state index contributed by atoms with van der Waals surface area (Å²) >= 11 is 0. The fourth-order valence-corrected chi connectivity index (χ4v) is 3.42. The van der Waals surface area contributed by atoms with Crippen molar-refractivity contribution in [2.75, 3.05) is 7.11 Å². The highest BCUT2D eigenvalue weighted by atomic mass is 16.5. The van der Waals surface area contributed by atoms with Crippen LogP contribution in [0, 0.1) is 6.92 Å². The molecule has 0 bridgehead atoms. The lowest BCUT2D eigenvalue weighted by atomic mass is 10.0. The van der Waals surface area contributed by atoms with Crippen molar-refractivity contribution in [1.82, 2.24) is 5.32 Å². The van der Waals surface area contributed by atoms with Crippen molar-refractivity contribution >= 4 is 5.91 Å². The molecule has 0 aliphatic carbocycles. The number of hydrogen-bond donors (Lipinski definition) is 1. The molecule has 3 aromatic carbocycles. The minimum absolute atomic E-state index is 0.000646. The Balaban J connectivity index is 1.64. The van der Waals surface area contributed by atoms with E-state index < -0.39 is 0 Å². The topological polar surface area (TPSA) is 38.3 Å². The Morgan fingerprint density at radius 2 is 1.64 bits per heavy atom. The Labute approximate surface area is 167 Å². The number of methoxy groups -OCH3 is 1. The Morgan fingerprint density at radius 1 is 0.964 bits per heavy atom. The van der Waals surface area contributed by atoms with Gasteiger partial charge in [-0.05, 0) is 47.2 Å². The first-order valence-electron chi connectivity index (χ1n) is 9.69. The van der Waals surface area contributed by atoms with Crippen LogP contribution in [0.4, 0.5) is 0 Å². The zero-order valence-electron chi connectivity index (χ0n) is 16.7. The third kappa shape index (κ3) is 4.80. The largest absolute Gasteiger partial charge is 0.496 e. The molecule has 0 aliphatic heterocycles. The molecule has 0 fully saturated rings. The molecule has 1 amide bonds. The predicted molar refractivity (Wildman–Crippen MR) is 114 cm³/mol. The van der Waals surface area contributed by atoms with Gasteiger partial charge in [0.05, 0.1) is 19.6 Å². The number of rotatable bonds is 7. The lowest BCUT2D eigenvalue weighted by molar-refractivity contribution is -0.121. The Bertz CT molecular complexity index is 917. The Hall–Kier alpha value is -3.07. The van der Waals surface area contributed by atoms with Crippen LogP contribution in [0.15, 0.2) is 72.8 Å². The highest BCUT2D eigenvalue weighted by Gasteiger charge is 2.14. The second kappa shape index (κ2) is 9.23. The van der Waals surface area contributed by atoms with Crippen LogP contribution in [0.5, 0.6) is 5.75 Å². The first-order valence-corrected chi connectivity index (χ1v) is 9.69. The minimum atomic E-state index is 0.000646. The summed E-state index contributed by atoms with van der Waals surface area (Å²) in [6.45, 7) is 4.10. The summed E-state index contributed by atoms with van der Waals surface area (Å²) in [6.07, 6.45) is 1.21. The van der Waals surface area contributed by atoms with Crippen molar-refractivity contribution in [2.45, 2.75) is 32.7 Å². The van der Waals surface area contributed by atoms with E-state index in [1.54, 1.807) is 7.11 Å². The number of hydrogen-bond acceptors (Lipinski definition) is 2. The minimum Gasteiger partial charge on any atom is -0.496 e. The molecule has 3 heteroatoms. The van der Waals surface area contributed by atoms with E-state index in [0.717, 1.165) is 34.4 Å². The predicted octanol–water partition coefficient (Wildman–Crippen LogP) is 5.48. The number of nitrogens with one attached hydrogen (secondary N) is 1. The average Bonchev–Trinajstić information content (AvgIpc) is 2.73. The normalized spacial score (nSPS) is 11.7. The third-order valence-corrected chi connectivity index (χ3v) is 4.99. The van der Waals surface area contributed by atoms with Gasteiger partial charge in [0.15, 0.2) is 0 Å². The molecule has 28 heavy (non-hydrogen) atoms. The van der Waals surface area contributed by atoms with Gasteiger partial charge in [-0.15, -0.1) is 0 Å². The maximum absolute atomic E-state index is 12.6. The van der Waals surface area contributed by atoms with E-state index in [1.165, 1.54) is 5.56 Å². The molecule has 3 nitrogen and oxygen atoms in total. The van der Waals surface area contributed by atoms with Gasteiger partial charge in [0.25, 0.3) is 0 Å². The molecule has 3 rings (SSSR count). The van der Waals surface area contributed by atoms with Gasteiger partial charge in [0.1, 0.15) is 5.75 Å². The van der Waals surface area contributed by atoms with Crippen LogP contribution < -0.4 is 10.1 Å². The van der Waals surface area contributed by atoms with Crippen molar-refractivity contribution in [3.05, 3.63) is 89.5 Å². The van der Waals surface area contributed by atoms with E-state index in [4.69, 9.17) is 4.74 Å². The molecular weight excluding hydrogens is 346 g/mol. The summed E-state index contributed by atoms with van der Waals surface area (Å²) in [6, 6.07) is 24.5. The highest BCUT2D eigenvalue weighted by Crippen LogP contribution is 2.24. The zero-order chi connectivity index (χ0) is 19.9. The molecular formula is C25H27NO2. The summed E-state index contributed by atoms with van der Waals surface area (Å²) in [5.74, 6) is 0.899. The molecule has 0 aliphatic rings. The van der Waals surface area contributed by atoms with Gasteiger partial charge >= 0.3 is 0 Å². The summed E-state index contributed by atoms with van der Waals surface area (Å²) in [5, 5.41) is 3.16. The molecule has 0 saturated heterocycles. The van der Waals surface area contributed by atoms with E-state index >= 15 is 0 Å². The van der Waals surface area contributed by atoms with Crippen LogP contribution >= 0.6 is 0 Å². The maximum Gasteiger partial charge on any atom is 0.224 e. The molecule has 1 N–H and O–H groups in total. The second-order valence-corrected chi connectivity index (χ2v) is 7.00. The first-order chi connectivity index (χ1) is 13.6. The number of carbonyl (C=O) groups excluding carboxylic acids is 1. The number of carbonyl (C=O) groups is 1. The van der Waals surface area contributed by atoms with Crippen molar-refractivity contribution in [3.63, 3.8) is 0 Å². The summed E-state index contributed by atoms with van der Waals surface area (Å²) < 4.78 is 5.33. The van der Waals surface area contributed by atoms with Gasteiger partial charge in [0, 0.05) is 0 Å². The van der Waals surface area contributed by atoms with Gasteiger partial charge in [-0.1, -0.05) is 73.7 Å². The van der Waals surface area contributed by atoms with Crippen LogP contribution in [-0.2, 0) is 11.2 Å². The van der Waals surface area contributed by atoms with Crippen molar-refractivity contribution in [3.8, 4) is 16.9 Å². The summed E-state index contributed by atoms with van der Waals surface area (Å²) in [5.41, 5.74) is 5.53. The number of aryl methyl sites for hydroxylation is 1. The van der Waals surface area contributed by atoms with Crippen molar-refractivity contribution in [2.24, 2.45) is 0 Å². The molecule has 1 atom stereocenters. The average molecular weight is 373 g/mol. The lowest BCUT2D eigenvalue weighted by Crippen LogP contribution is -2.29. The van der Waals surface area contributed by atoms with E-state index in [1.807, 2.05) is 49.4 Å². The van der Waals surface area contributed by atoms with Crippen LogP contribution in [0.3, 0.4) is 0 Å². The van der Waals surface area contributed by atoms with Crippen molar-refractivity contribution < 1.29 is 9.53 Å². The molecule has 1 unspecified atom stereocenters. The van der Waals surface area contributed by atoms with Crippen LogP contribution in [0.1, 0.15) is 36.1 Å². The SMILES string of the molecule is CCC(NC(=O)Cc1ccc(-c2ccccc2)cc1)c1ccc(OC)c(C)c1. The smallest absolute Gasteiger partial charge is 0.224 e. The van der Waals surface area contributed by atoms with E-state index in [-0.39, 0.29) is 11.9 Å². The summed E-state index contributed by atoms with van der Waals surface area (Å²) in [4.78, 5) is 12.6. The number of amides is 1. The van der Waals surface area contributed by atoms with Crippen LogP contribution in [0.25, 0.3) is 11.1 Å².